The van der Waals surface area contributed by atoms with Crippen molar-refractivity contribution in [2.24, 2.45) is 0 Å². The lowest BCUT2D eigenvalue weighted by atomic mass is 9.93. The summed E-state index contributed by atoms with van der Waals surface area (Å²) in [6.07, 6.45) is -1.42. The number of hydrogen-bond donors (Lipinski definition) is 3. The quantitative estimate of drug-likeness (QED) is 0.808. The van der Waals surface area contributed by atoms with Gasteiger partial charge >= 0.3 is 0 Å². The van der Waals surface area contributed by atoms with Gasteiger partial charge in [0.15, 0.2) is 0 Å². The lowest BCUT2D eigenvalue weighted by Gasteiger charge is -2.23. The lowest BCUT2D eigenvalue weighted by Crippen LogP contribution is -2.45. The molecule has 1 saturated carbocycles. The van der Waals surface area contributed by atoms with E-state index < -0.39 is 18.2 Å². The molecule has 1 heterocycles. The van der Waals surface area contributed by atoms with Gasteiger partial charge in [-0.3, -0.25) is 4.79 Å². The second-order valence-corrected chi connectivity index (χ2v) is 6.14. The van der Waals surface area contributed by atoms with Gasteiger partial charge in [-0.1, -0.05) is 30.3 Å². The second-order valence-electron chi connectivity index (χ2n) is 6.14. The summed E-state index contributed by atoms with van der Waals surface area (Å²) in [5.41, 5.74) is 1.45. The minimum Gasteiger partial charge on any atom is -0.466 e. The highest BCUT2D eigenvalue weighted by molar-refractivity contribution is 5.95. The number of benzene rings is 1. The van der Waals surface area contributed by atoms with E-state index in [0.29, 0.717) is 23.5 Å². The van der Waals surface area contributed by atoms with E-state index in [2.05, 4.69) is 5.32 Å². The summed E-state index contributed by atoms with van der Waals surface area (Å²) in [7, 11) is 0. The Morgan fingerprint density at radius 1 is 1.22 bits per heavy atom. The maximum Gasteiger partial charge on any atom is 0.255 e. The maximum absolute atomic E-state index is 12.5. The van der Waals surface area contributed by atoms with Crippen LogP contribution in [0.25, 0.3) is 0 Å². The largest absolute Gasteiger partial charge is 0.466 e. The van der Waals surface area contributed by atoms with E-state index in [9.17, 15) is 15.0 Å². The Hall–Kier alpha value is -2.11. The van der Waals surface area contributed by atoms with E-state index in [1.807, 2.05) is 30.3 Å². The fraction of sp³-hybridized carbons (Fsp3) is 0.389. The van der Waals surface area contributed by atoms with Crippen molar-refractivity contribution < 1.29 is 19.4 Å². The lowest BCUT2D eigenvalue weighted by molar-refractivity contribution is 0.0294. The smallest absolute Gasteiger partial charge is 0.255 e. The van der Waals surface area contributed by atoms with Crippen LogP contribution in [0.15, 0.2) is 40.8 Å². The molecule has 122 valence electrons. The number of carbonyl (C=O) groups excluding carboxylic acids is 1. The molecular weight excluding hydrogens is 294 g/mol. The van der Waals surface area contributed by atoms with E-state index in [1.54, 1.807) is 19.9 Å². The summed E-state index contributed by atoms with van der Waals surface area (Å²) >= 11 is 0. The third-order valence-corrected chi connectivity index (χ3v) is 4.50. The molecule has 0 unspecified atom stereocenters. The Morgan fingerprint density at radius 3 is 2.52 bits per heavy atom. The highest BCUT2D eigenvalue weighted by atomic mass is 16.3. The first-order valence-electron chi connectivity index (χ1n) is 7.76. The summed E-state index contributed by atoms with van der Waals surface area (Å²) in [6, 6.07) is 10.8. The van der Waals surface area contributed by atoms with Crippen LogP contribution in [0.3, 0.4) is 0 Å². The predicted octanol–water partition coefficient (Wildman–Crippen LogP) is 1.90. The fourth-order valence-electron chi connectivity index (χ4n) is 3.34. The van der Waals surface area contributed by atoms with E-state index >= 15 is 0 Å². The molecular formula is C18H21NO4. The number of carbonyl (C=O) groups is 1. The van der Waals surface area contributed by atoms with Crippen molar-refractivity contribution in [1.29, 1.82) is 0 Å². The van der Waals surface area contributed by atoms with Crippen molar-refractivity contribution in [1.82, 2.24) is 5.32 Å². The van der Waals surface area contributed by atoms with Crippen LogP contribution in [0.2, 0.25) is 0 Å². The van der Waals surface area contributed by atoms with Crippen molar-refractivity contribution >= 4 is 5.91 Å². The average Bonchev–Trinajstić information content (AvgIpc) is 3.01. The highest BCUT2D eigenvalue weighted by Gasteiger charge is 2.43. The molecule has 0 radical (unpaired) electrons. The SMILES string of the molecule is Cc1cc(C(=O)N[C@H]2[C@H](O)[C@H](O)C[C@@H]2c2ccccc2)c(C)o1. The minimum atomic E-state index is -0.988. The summed E-state index contributed by atoms with van der Waals surface area (Å²) < 4.78 is 5.39. The Morgan fingerprint density at radius 2 is 1.91 bits per heavy atom. The van der Waals surface area contributed by atoms with Gasteiger partial charge in [-0.15, -0.1) is 0 Å². The Bertz CT molecular complexity index is 694. The normalized spacial score (nSPS) is 27.1. The zero-order valence-corrected chi connectivity index (χ0v) is 13.2. The van der Waals surface area contributed by atoms with Gasteiger partial charge in [-0.2, -0.15) is 0 Å². The molecule has 3 N–H and O–H groups in total. The molecule has 23 heavy (non-hydrogen) atoms. The number of aliphatic hydroxyl groups is 2. The monoisotopic (exact) mass is 315 g/mol. The van der Waals surface area contributed by atoms with E-state index in [-0.39, 0.29) is 11.8 Å². The van der Waals surface area contributed by atoms with Crippen LogP contribution in [0, 0.1) is 13.8 Å². The molecule has 1 aromatic carbocycles. The second kappa shape index (κ2) is 6.18. The first-order chi connectivity index (χ1) is 11.0. The third-order valence-electron chi connectivity index (χ3n) is 4.50. The Labute approximate surface area is 134 Å². The Kier molecular flexibility index (Phi) is 4.24. The number of furan rings is 1. The number of aliphatic hydroxyl groups excluding tert-OH is 2. The molecule has 1 aliphatic carbocycles. The fourth-order valence-corrected chi connectivity index (χ4v) is 3.34. The molecule has 3 rings (SSSR count). The van der Waals surface area contributed by atoms with E-state index in [0.717, 1.165) is 5.56 Å². The number of aryl methyl sites for hydroxylation is 2. The van der Waals surface area contributed by atoms with Gasteiger partial charge in [-0.25, -0.2) is 0 Å². The molecule has 0 bridgehead atoms. The molecule has 0 aliphatic heterocycles. The molecule has 5 nitrogen and oxygen atoms in total. The van der Waals surface area contributed by atoms with Crippen molar-refractivity contribution in [2.75, 3.05) is 0 Å². The first kappa shape index (κ1) is 15.8. The molecule has 0 spiro atoms. The van der Waals surface area contributed by atoms with Crippen molar-refractivity contribution in [3.8, 4) is 0 Å². The van der Waals surface area contributed by atoms with Crippen LogP contribution in [0.1, 0.15) is 39.8 Å². The van der Waals surface area contributed by atoms with Crippen molar-refractivity contribution in [2.45, 2.75) is 44.4 Å². The molecule has 1 aliphatic rings. The average molecular weight is 315 g/mol. The molecule has 1 aromatic heterocycles. The van der Waals surface area contributed by atoms with Gasteiger partial charge in [0.2, 0.25) is 0 Å². The number of nitrogens with one attached hydrogen (secondary N) is 1. The van der Waals surface area contributed by atoms with Crippen LogP contribution in [0.5, 0.6) is 0 Å². The van der Waals surface area contributed by atoms with Gasteiger partial charge < -0.3 is 19.9 Å². The molecule has 5 heteroatoms. The summed E-state index contributed by atoms with van der Waals surface area (Å²) in [5.74, 6) is 0.792. The number of amides is 1. The Balaban J connectivity index is 1.84. The van der Waals surface area contributed by atoms with Gasteiger partial charge in [0.25, 0.3) is 5.91 Å². The summed E-state index contributed by atoms with van der Waals surface area (Å²) in [5, 5.41) is 23.2. The highest BCUT2D eigenvalue weighted by Crippen LogP contribution is 2.35. The van der Waals surface area contributed by atoms with E-state index in [4.69, 9.17) is 4.42 Å². The van der Waals surface area contributed by atoms with Crippen LogP contribution < -0.4 is 5.32 Å². The maximum atomic E-state index is 12.5. The zero-order valence-electron chi connectivity index (χ0n) is 13.2. The summed E-state index contributed by atoms with van der Waals surface area (Å²) in [6.45, 7) is 3.52. The topological polar surface area (TPSA) is 82.7 Å². The van der Waals surface area contributed by atoms with Crippen LogP contribution in [0.4, 0.5) is 0 Å². The molecule has 1 amide bonds. The van der Waals surface area contributed by atoms with Gasteiger partial charge in [-0.05, 0) is 31.9 Å². The van der Waals surface area contributed by atoms with Crippen molar-refractivity contribution in [3.05, 3.63) is 59.0 Å². The zero-order chi connectivity index (χ0) is 16.6. The molecule has 0 saturated heterocycles. The van der Waals surface area contributed by atoms with Crippen LogP contribution >= 0.6 is 0 Å². The summed E-state index contributed by atoms with van der Waals surface area (Å²) in [4.78, 5) is 12.5. The number of rotatable bonds is 3. The van der Waals surface area contributed by atoms with Crippen LogP contribution in [-0.2, 0) is 0 Å². The van der Waals surface area contributed by atoms with E-state index in [1.165, 1.54) is 0 Å². The van der Waals surface area contributed by atoms with Gasteiger partial charge in [0, 0.05) is 5.92 Å². The van der Waals surface area contributed by atoms with Gasteiger partial charge in [0.05, 0.1) is 17.7 Å². The first-order valence-corrected chi connectivity index (χ1v) is 7.76. The predicted molar refractivity (Wildman–Crippen MR) is 85.2 cm³/mol. The number of hydrogen-bond acceptors (Lipinski definition) is 4. The molecule has 1 fully saturated rings. The minimum absolute atomic E-state index is 0.126. The molecule has 2 aromatic rings. The third kappa shape index (κ3) is 3.02. The van der Waals surface area contributed by atoms with Gasteiger partial charge in [0.1, 0.15) is 17.6 Å². The molecule has 4 atom stereocenters. The standard InChI is InChI=1S/C18H21NO4/c1-10-8-13(11(2)23-10)18(22)19-16-14(9-15(20)17(16)21)12-6-4-3-5-7-12/h3-8,14-17,20-21H,9H2,1-2H3,(H,19,22)/t14-,15-,16-,17-/m1/s1. The van der Waals surface area contributed by atoms with Crippen molar-refractivity contribution in [3.63, 3.8) is 0 Å². The van der Waals surface area contributed by atoms with Crippen LogP contribution in [-0.4, -0.2) is 34.4 Å².